The third kappa shape index (κ3) is 4.00. The van der Waals surface area contributed by atoms with E-state index in [0.29, 0.717) is 16.7 Å². The molecule has 3 fully saturated rings. The van der Waals surface area contributed by atoms with Crippen molar-refractivity contribution in [3.8, 4) is 0 Å². The smallest absolute Gasteiger partial charge is 0.0543 e. The topological polar surface area (TPSA) is 20.2 Å². The van der Waals surface area contributed by atoms with Crippen LogP contribution in [0.5, 0.6) is 0 Å². The van der Waals surface area contributed by atoms with Gasteiger partial charge in [0.15, 0.2) is 0 Å². The van der Waals surface area contributed by atoms with Crippen LogP contribution in [0.4, 0.5) is 0 Å². The van der Waals surface area contributed by atoms with Gasteiger partial charge in [0.2, 0.25) is 0 Å². The Morgan fingerprint density at radius 2 is 1.81 bits per heavy atom. The summed E-state index contributed by atoms with van der Waals surface area (Å²) in [7, 11) is 0. The van der Waals surface area contributed by atoms with E-state index in [1.165, 1.54) is 57.8 Å². The molecule has 0 aromatic carbocycles. The van der Waals surface area contributed by atoms with Gasteiger partial charge in [0.05, 0.1) is 6.10 Å². The van der Waals surface area contributed by atoms with Gasteiger partial charge < -0.3 is 5.11 Å². The lowest BCUT2D eigenvalue weighted by atomic mass is 9.47. The number of hydrogen-bond donors (Lipinski definition) is 1. The average molecular weight is 427 g/mol. The first-order valence-electron chi connectivity index (χ1n) is 13.7. The van der Waals surface area contributed by atoms with Gasteiger partial charge in [0, 0.05) is 0 Å². The minimum atomic E-state index is -0.0447. The van der Waals surface area contributed by atoms with Crippen LogP contribution in [0.2, 0.25) is 0 Å². The second kappa shape index (κ2) is 9.00. The lowest BCUT2D eigenvalue weighted by molar-refractivity contribution is -0.0428. The second-order valence-corrected chi connectivity index (χ2v) is 12.6. The highest BCUT2D eigenvalue weighted by Gasteiger charge is 2.58. The first-order chi connectivity index (χ1) is 14.7. The standard InChI is InChI=1S/C30H50O/c1-7-20(3)22(8-2)10-9-21(4)26-13-14-27-25-12-11-23-19-24(31)15-17-29(23,5)28(25)16-18-30(26,27)6/h7,12,21-24,26-28,31H,8-11,13-19H2,1-6H3/b20-7+/t21-,22+,23-,24+,26-,27+,28+,29+,30-/m1/s1. The third-order valence-corrected chi connectivity index (χ3v) is 11.4. The molecule has 0 aromatic heterocycles. The summed E-state index contributed by atoms with van der Waals surface area (Å²) < 4.78 is 0. The van der Waals surface area contributed by atoms with E-state index >= 15 is 0 Å². The molecule has 0 bridgehead atoms. The summed E-state index contributed by atoms with van der Waals surface area (Å²) in [6, 6.07) is 0. The Kier molecular flexibility index (Phi) is 6.85. The van der Waals surface area contributed by atoms with Crippen molar-refractivity contribution < 1.29 is 5.11 Å². The van der Waals surface area contributed by atoms with Crippen LogP contribution in [-0.4, -0.2) is 11.2 Å². The molecular weight excluding hydrogens is 376 g/mol. The van der Waals surface area contributed by atoms with Crippen LogP contribution >= 0.6 is 0 Å². The second-order valence-electron chi connectivity index (χ2n) is 12.6. The Morgan fingerprint density at radius 1 is 1.10 bits per heavy atom. The molecule has 9 atom stereocenters. The quantitative estimate of drug-likeness (QED) is 0.423. The maximum atomic E-state index is 10.3. The van der Waals surface area contributed by atoms with Gasteiger partial charge >= 0.3 is 0 Å². The third-order valence-electron chi connectivity index (χ3n) is 11.4. The molecular formula is C30H50O. The maximum absolute atomic E-state index is 10.3. The molecule has 176 valence electrons. The van der Waals surface area contributed by atoms with Gasteiger partial charge in [0.1, 0.15) is 0 Å². The average Bonchev–Trinajstić information content (AvgIpc) is 3.11. The van der Waals surface area contributed by atoms with E-state index < -0.39 is 0 Å². The number of rotatable bonds is 6. The molecule has 0 spiro atoms. The summed E-state index contributed by atoms with van der Waals surface area (Å²) >= 11 is 0. The SMILES string of the molecule is C/C=C(\C)[C@@H](CC)CC[C@@H](C)[C@H]1CC[C@H]2C3=CC[C@@H]4C[C@@H](O)CC[C@]4(C)[C@H]3CC[C@]12C. The van der Waals surface area contributed by atoms with Crippen molar-refractivity contribution in [2.24, 2.45) is 46.3 Å². The zero-order valence-corrected chi connectivity index (χ0v) is 21.4. The fourth-order valence-electron chi connectivity index (χ4n) is 9.12. The predicted octanol–water partition coefficient (Wildman–Crippen LogP) is 8.34. The Morgan fingerprint density at radius 3 is 2.52 bits per heavy atom. The van der Waals surface area contributed by atoms with E-state index in [1.54, 1.807) is 5.57 Å². The first-order valence-corrected chi connectivity index (χ1v) is 13.7. The van der Waals surface area contributed by atoms with Crippen molar-refractivity contribution in [2.45, 2.75) is 118 Å². The van der Waals surface area contributed by atoms with Crippen molar-refractivity contribution in [2.75, 3.05) is 0 Å². The predicted molar refractivity (Wildman–Crippen MR) is 133 cm³/mol. The molecule has 0 unspecified atom stereocenters. The number of aliphatic hydroxyl groups excluding tert-OH is 1. The highest BCUT2D eigenvalue weighted by Crippen LogP contribution is 2.67. The largest absolute Gasteiger partial charge is 0.393 e. The van der Waals surface area contributed by atoms with Crippen LogP contribution in [0.15, 0.2) is 23.3 Å². The molecule has 4 aliphatic carbocycles. The molecule has 4 rings (SSSR count). The van der Waals surface area contributed by atoms with E-state index in [2.05, 4.69) is 53.7 Å². The fourth-order valence-corrected chi connectivity index (χ4v) is 9.12. The molecule has 0 radical (unpaired) electrons. The summed E-state index contributed by atoms with van der Waals surface area (Å²) in [5.74, 6) is 4.89. The summed E-state index contributed by atoms with van der Waals surface area (Å²) in [6.45, 7) is 14.8. The van der Waals surface area contributed by atoms with Crippen molar-refractivity contribution in [3.63, 3.8) is 0 Å². The highest BCUT2D eigenvalue weighted by molar-refractivity contribution is 5.27. The summed E-state index contributed by atoms with van der Waals surface area (Å²) in [6.07, 6.45) is 19.3. The molecule has 1 nitrogen and oxygen atoms in total. The monoisotopic (exact) mass is 426 g/mol. The van der Waals surface area contributed by atoms with Crippen LogP contribution in [0, 0.1) is 46.3 Å². The van der Waals surface area contributed by atoms with Crippen LogP contribution < -0.4 is 0 Å². The van der Waals surface area contributed by atoms with Crippen LogP contribution in [0.3, 0.4) is 0 Å². The molecule has 0 aliphatic heterocycles. The van der Waals surface area contributed by atoms with Crippen molar-refractivity contribution in [3.05, 3.63) is 23.3 Å². The lowest BCUT2D eigenvalue weighted by Gasteiger charge is -2.57. The molecule has 0 heterocycles. The summed E-state index contributed by atoms with van der Waals surface area (Å²) in [5, 5.41) is 10.3. The van der Waals surface area contributed by atoms with E-state index in [-0.39, 0.29) is 6.10 Å². The lowest BCUT2D eigenvalue weighted by Crippen LogP contribution is -2.49. The van der Waals surface area contributed by atoms with Gasteiger partial charge in [-0.1, -0.05) is 51.0 Å². The normalized spacial score (nSPS) is 44.7. The maximum Gasteiger partial charge on any atom is 0.0543 e. The van der Waals surface area contributed by atoms with Gasteiger partial charge in [-0.05, 0) is 131 Å². The zero-order chi connectivity index (χ0) is 22.4. The molecule has 31 heavy (non-hydrogen) atoms. The molecule has 1 heteroatoms. The van der Waals surface area contributed by atoms with E-state index in [0.717, 1.165) is 42.4 Å². The summed E-state index contributed by atoms with van der Waals surface area (Å²) in [4.78, 5) is 0. The van der Waals surface area contributed by atoms with E-state index in [1.807, 2.05) is 5.57 Å². The van der Waals surface area contributed by atoms with Crippen LogP contribution in [0.25, 0.3) is 0 Å². The fraction of sp³-hybridized carbons (Fsp3) is 0.867. The Balaban J connectivity index is 1.48. The molecule has 0 amide bonds. The zero-order valence-electron chi connectivity index (χ0n) is 21.4. The van der Waals surface area contributed by atoms with Gasteiger partial charge in [-0.2, -0.15) is 0 Å². The number of allylic oxidation sites excluding steroid dienone is 4. The van der Waals surface area contributed by atoms with E-state index in [9.17, 15) is 5.11 Å². The molecule has 0 saturated heterocycles. The van der Waals surface area contributed by atoms with Crippen molar-refractivity contribution in [1.82, 2.24) is 0 Å². The van der Waals surface area contributed by atoms with Gasteiger partial charge in [-0.25, -0.2) is 0 Å². The number of fused-ring (bicyclic) bond motifs is 5. The summed E-state index contributed by atoms with van der Waals surface area (Å²) in [5.41, 5.74) is 4.44. The van der Waals surface area contributed by atoms with Crippen molar-refractivity contribution in [1.29, 1.82) is 0 Å². The van der Waals surface area contributed by atoms with Crippen LogP contribution in [0.1, 0.15) is 112 Å². The minimum absolute atomic E-state index is 0.0447. The molecule has 0 aromatic rings. The van der Waals surface area contributed by atoms with Crippen molar-refractivity contribution >= 4 is 0 Å². The van der Waals surface area contributed by atoms with Gasteiger partial charge in [0.25, 0.3) is 0 Å². The minimum Gasteiger partial charge on any atom is -0.393 e. The molecule has 3 saturated carbocycles. The Hall–Kier alpha value is -0.560. The first kappa shape index (κ1) is 23.6. The van der Waals surface area contributed by atoms with Gasteiger partial charge in [-0.3, -0.25) is 0 Å². The van der Waals surface area contributed by atoms with E-state index in [4.69, 9.17) is 0 Å². The number of hydrogen-bond acceptors (Lipinski definition) is 1. The molecule has 1 N–H and O–H groups in total. The Bertz CT molecular complexity index is 703. The highest BCUT2D eigenvalue weighted by atomic mass is 16.3. The van der Waals surface area contributed by atoms with Crippen LogP contribution in [-0.2, 0) is 0 Å². The van der Waals surface area contributed by atoms with Gasteiger partial charge in [-0.15, -0.1) is 0 Å². The Labute approximate surface area is 193 Å². The number of aliphatic hydroxyl groups is 1. The molecule has 4 aliphatic rings.